The van der Waals surface area contributed by atoms with Crippen LogP contribution in [-0.2, 0) is 4.74 Å². The Labute approximate surface area is 98.5 Å². The van der Waals surface area contributed by atoms with Gasteiger partial charge in [-0.05, 0) is 11.8 Å². The van der Waals surface area contributed by atoms with Gasteiger partial charge in [-0.1, -0.05) is 0 Å². The van der Waals surface area contributed by atoms with Crippen molar-refractivity contribution in [2.75, 3.05) is 6.61 Å². The third kappa shape index (κ3) is 2.67. The lowest BCUT2D eigenvalue weighted by Crippen LogP contribution is -2.18. The summed E-state index contributed by atoms with van der Waals surface area (Å²) in [6, 6.07) is 0.434. The Balaban J connectivity index is 3.56. The highest BCUT2D eigenvalue weighted by molar-refractivity contribution is 5.94. The third-order valence-electron chi connectivity index (χ3n) is 1.95. The van der Waals surface area contributed by atoms with E-state index in [0.717, 1.165) is 0 Å². The lowest BCUT2D eigenvalue weighted by molar-refractivity contribution is -0.390. The van der Waals surface area contributed by atoms with E-state index in [1.807, 2.05) is 0 Å². The molecule has 0 fully saturated rings. The zero-order chi connectivity index (χ0) is 13.9. The maximum absolute atomic E-state index is 12.7. The van der Waals surface area contributed by atoms with E-state index >= 15 is 0 Å². The molecule has 18 heavy (non-hydrogen) atoms. The van der Waals surface area contributed by atoms with Crippen molar-refractivity contribution in [1.82, 2.24) is 4.98 Å². The molecule has 1 N–H and O–H groups in total. The van der Waals surface area contributed by atoms with Crippen LogP contribution in [-0.4, -0.2) is 22.5 Å². The van der Waals surface area contributed by atoms with Crippen LogP contribution in [0.25, 0.3) is 0 Å². The molecule has 7 nitrogen and oxygen atoms in total. The third-order valence-corrected chi connectivity index (χ3v) is 1.95. The van der Waals surface area contributed by atoms with Crippen LogP contribution in [0.3, 0.4) is 0 Å². The van der Waals surface area contributed by atoms with E-state index in [2.05, 4.69) is 4.74 Å². The molecule has 0 amide bonds. The Kier molecular flexibility index (Phi) is 4.08. The van der Waals surface area contributed by atoms with Crippen LogP contribution >= 0.6 is 0 Å². The van der Waals surface area contributed by atoms with E-state index in [0.29, 0.717) is 6.07 Å². The summed E-state index contributed by atoms with van der Waals surface area (Å²) in [5.74, 6) is -2.38. The molecule has 0 atom stereocenters. The number of alkyl halides is 2. The minimum absolute atomic E-state index is 0.141. The molecule has 1 aromatic rings. The Hall–Kier alpha value is -2.32. The second-order valence-electron chi connectivity index (χ2n) is 3.09. The molecule has 0 spiro atoms. The second-order valence-corrected chi connectivity index (χ2v) is 3.09. The zero-order valence-corrected chi connectivity index (χ0v) is 9.11. The molecule has 1 rings (SSSR count). The minimum Gasteiger partial charge on any atom is -0.462 e. The quantitative estimate of drug-likeness (QED) is 0.502. The van der Waals surface area contributed by atoms with Crippen molar-refractivity contribution in [2.24, 2.45) is 0 Å². The van der Waals surface area contributed by atoms with Gasteiger partial charge in [-0.3, -0.25) is 0 Å². The van der Waals surface area contributed by atoms with Crippen molar-refractivity contribution < 1.29 is 23.2 Å². The Morgan fingerprint density at radius 1 is 1.61 bits per heavy atom. The number of nitro groups is 1. The molecule has 0 aliphatic heterocycles. The fourth-order valence-electron chi connectivity index (χ4n) is 1.29. The molecule has 0 aromatic carbocycles. The monoisotopic (exact) mass is 262 g/mol. The minimum atomic E-state index is -3.20. The summed E-state index contributed by atoms with van der Waals surface area (Å²) in [7, 11) is 0. The average Bonchev–Trinajstić information content (AvgIpc) is 2.27. The van der Waals surface area contributed by atoms with Gasteiger partial charge in [0, 0.05) is 11.6 Å². The first kappa shape index (κ1) is 13.7. The molecular weight excluding hydrogens is 254 g/mol. The van der Waals surface area contributed by atoms with Crippen molar-refractivity contribution in [3.05, 3.63) is 37.7 Å². The van der Waals surface area contributed by atoms with Gasteiger partial charge < -0.3 is 14.9 Å². The molecular formula is C9H8F2N2O5. The number of carbonyl (C=O) groups is 1. The van der Waals surface area contributed by atoms with Gasteiger partial charge in [0.15, 0.2) is 5.56 Å². The first-order chi connectivity index (χ1) is 8.38. The maximum Gasteiger partial charge on any atom is 0.347 e. The van der Waals surface area contributed by atoms with Crippen LogP contribution in [0.4, 0.5) is 14.6 Å². The maximum atomic E-state index is 12.7. The Morgan fingerprint density at radius 2 is 2.22 bits per heavy atom. The highest BCUT2D eigenvalue weighted by Crippen LogP contribution is 2.27. The Bertz CT molecular complexity index is 540. The van der Waals surface area contributed by atoms with Crippen LogP contribution in [0.2, 0.25) is 0 Å². The van der Waals surface area contributed by atoms with Crippen LogP contribution in [0.1, 0.15) is 29.3 Å². The number of rotatable bonds is 4. The average molecular weight is 262 g/mol. The number of hydrogen-bond acceptors (Lipinski definition) is 5. The largest absolute Gasteiger partial charge is 0.462 e. The first-order valence-electron chi connectivity index (χ1n) is 4.75. The highest BCUT2D eigenvalue weighted by atomic mass is 19.3. The molecule has 0 unspecified atom stereocenters. The van der Waals surface area contributed by atoms with Crippen molar-refractivity contribution in [3.8, 4) is 0 Å². The van der Waals surface area contributed by atoms with E-state index < -0.39 is 39.8 Å². The summed E-state index contributed by atoms with van der Waals surface area (Å²) in [6.45, 7) is 1.27. The van der Waals surface area contributed by atoms with Crippen LogP contribution in [0.5, 0.6) is 0 Å². The molecule has 0 bridgehead atoms. The van der Waals surface area contributed by atoms with Crippen molar-refractivity contribution in [2.45, 2.75) is 13.3 Å². The van der Waals surface area contributed by atoms with Gasteiger partial charge in [-0.15, -0.1) is 0 Å². The molecule has 0 aliphatic carbocycles. The summed E-state index contributed by atoms with van der Waals surface area (Å²) < 4.78 is 29.8. The van der Waals surface area contributed by atoms with Crippen molar-refractivity contribution in [1.29, 1.82) is 0 Å². The van der Waals surface area contributed by atoms with E-state index in [-0.39, 0.29) is 6.61 Å². The number of esters is 1. The number of ether oxygens (including phenoxy) is 1. The molecule has 0 radical (unpaired) electrons. The van der Waals surface area contributed by atoms with Gasteiger partial charge in [0.05, 0.1) is 6.61 Å². The normalized spacial score (nSPS) is 10.4. The summed E-state index contributed by atoms with van der Waals surface area (Å²) in [5, 5.41) is 10.6. The fraction of sp³-hybridized carbons (Fsp3) is 0.333. The summed E-state index contributed by atoms with van der Waals surface area (Å²) in [6.07, 6.45) is -3.20. The number of halogens is 2. The molecule has 98 valence electrons. The first-order valence-corrected chi connectivity index (χ1v) is 4.75. The molecule has 9 heteroatoms. The van der Waals surface area contributed by atoms with Crippen molar-refractivity contribution >= 4 is 11.8 Å². The number of carbonyl (C=O) groups excluding carboxylic acids is 1. The number of nitrogens with one attached hydrogen (secondary N) is 1. The van der Waals surface area contributed by atoms with Crippen LogP contribution in [0.15, 0.2) is 10.9 Å². The number of aromatic nitrogens is 1. The molecule has 1 aromatic heterocycles. The van der Waals surface area contributed by atoms with Gasteiger partial charge in [0.2, 0.25) is 0 Å². The van der Waals surface area contributed by atoms with E-state index in [1.54, 1.807) is 4.98 Å². The Morgan fingerprint density at radius 3 is 2.67 bits per heavy atom. The lowest BCUT2D eigenvalue weighted by Gasteiger charge is -2.08. The van der Waals surface area contributed by atoms with Gasteiger partial charge >= 0.3 is 17.3 Å². The number of pyridine rings is 1. The number of nitrogens with zero attached hydrogens (tertiary/aromatic N) is 1. The number of hydrogen-bond donors (Lipinski definition) is 1. The smallest absolute Gasteiger partial charge is 0.347 e. The van der Waals surface area contributed by atoms with E-state index in [4.69, 9.17) is 0 Å². The van der Waals surface area contributed by atoms with E-state index in [1.165, 1.54) is 6.92 Å². The van der Waals surface area contributed by atoms with Crippen LogP contribution < -0.4 is 5.56 Å². The second kappa shape index (κ2) is 5.34. The molecule has 1 heterocycles. The SMILES string of the molecule is CCOC(=O)c1c(C(F)F)cc(=O)[nH]c1[N+](=O)[O-]. The fourth-order valence-corrected chi connectivity index (χ4v) is 1.29. The van der Waals surface area contributed by atoms with Gasteiger partial charge in [-0.25, -0.2) is 23.4 Å². The summed E-state index contributed by atoms with van der Waals surface area (Å²) in [4.78, 5) is 33.7. The highest BCUT2D eigenvalue weighted by Gasteiger charge is 2.30. The predicted octanol–water partition coefficient (Wildman–Crippen LogP) is 1.40. The van der Waals surface area contributed by atoms with Gasteiger partial charge in [0.1, 0.15) is 0 Å². The summed E-state index contributed by atoms with van der Waals surface area (Å²) >= 11 is 0. The molecule has 0 aliphatic rings. The zero-order valence-electron chi connectivity index (χ0n) is 9.11. The van der Waals surface area contributed by atoms with Gasteiger partial charge in [0.25, 0.3) is 6.43 Å². The topological polar surface area (TPSA) is 102 Å². The lowest BCUT2D eigenvalue weighted by atomic mass is 10.1. The van der Waals surface area contributed by atoms with Crippen LogP contribution in [0, 0.1) is 10.1 Å². The predicted molar refractivity (Wildman–Crippen MR) is 54.6 cm³/mol. The van der Waals surface area contributed by atoms with E-state index in [9.17, 15) is 28.5 Å². The molecule has 0 saturated heterocycles. The van der Waals surface area contributed by atoms with Crippen molar-refractivity contribution in [3.63, 3.8) is 0 Å². The summed E-state index contributed by atoms with van der Waals surface area (Å²) in [5.41, 5.74) is -3.05. The number of H-pyrrole nitrogens is 1. The number of aromatic amines is 1. The standard InChI is InChI=1S/C9H8F2N2O5/c1-2-18-9(15)6-4(7(10)11)3-5(14)12-8(6)13(16)17/h3,7H,2H2,1H3,(H,12,14). The molecule has 0 saturated carbocycles. The van der Waals surface area contributed by atoms with Gasteiger partial charge in [-0.2, -0.15) is 0 Å².